The first-order valence-electron chi connectivity index (χ1n) is 6.83. The van der Waals surface area contributed by atoms with Crippen molar-refractivity contribution in [3.05, 3.63) is 18.0 Å². The Morgan fingerprint density at radius 2 is 1.79 bits per heavy atom. The molecule has 0 saturated heterocycles. The monoisotopic (exact) mass is 264 g/mol. The number of aromatic nitrogens is 2. The SMILES string of the molecule is CC(C)CCNc1ncc(C(=O)NCC(C)C)cn1. The summed E-state index contributed by atoms with van der Waals surface area (Å²) in [7, 11) is 0. The Balaban J connectivity index is 2.44. The lowest BCUT2D eigenvalue weighted by atomic mass is 10.1. The molecule has 0 radical (unpaired) electrons. The van der Waals surface area contributed by atoms with Crippen LogP contribution in [-0.4, -0.2) is 29.0 Å². The van der Waals surface area contributed by atoms with Gasteiger partial charge < -0.3 is 10.6 Å². The highest BCUT2D eigenvalue weighted by Gasteiger charge is 2.07. The van der Waals surface area contributed by atoms with E-state index in [4.69, 9.17) is 0 Å². The summed E-state index contributed by atoms with van der Waals surface area (Å²) in [6.45, 7) is 9.95. The molecule has 0 bridgehead atoms. The van der Waals surface area contributed by atoms with Crippen molar-refractivity contribution in [2.45, 2.75) is 34.1 Å². The van der Waals surface area contributed by atoms with Gasteiger partial charge in [0.2, 0.25) is 5.95 Å². The van der Waals surface area contributed by atoms with E-state index in [1.807, 2.05) is 0 Å². The molecule has 0 aliphatic rings. The normalized spacial score (nSPS) is 10.8. The first-order chi connectivity index (χ1) is 8.99. The van der Waals surface area contributed by atoms with Gasteiger partial charge in [0.05, 0.1) is 5.56 Å². The fourth-order valence-corrected chi connectivity index (χ4v) is 1.41. The molecule has 0 spiro atoms. The van der Waals surface area contributed by atoms with Gasteiger partial charge in [-0.3, -0.25) is 4.79 Å². The summed E-state index contributed by atoms with van der Waals surface area (Å²) in [5.41, 5.74) is 0.495. The van der Waals surface area contributed by atoms with E-state index in [0.29, 0.717) is 29.9 Å². The summed E-state index contributed by atoms with van der Waals surface area (Å²) in [6, 6.07) is 0. The second kappa shape index (κ2) is 7.71. The predicted molar refractivity (Wildman–Crippen MR) is 77.1 cm³/mol. The third-order valence-corrected chi connectivity index (χ3v) is 2.59. The number of carbonyl (C=O) groups excluding carboxylic acids is 1. The fraction of sp³-hybridized carbons (Fsp3) is 0.643. The van der Waals surface area contributed by atoms with Crippen LogP contribution in [0.2, 0.25) is 0 Å². The highest BCUT2D eigenvalue weighted by Crippen LogP contribution is 2.03. The minimum atomic E-state index is -0.123. The molecule has 5 nitrogen and oxygen atoms in total. The maximum atomic E-state index is 11.8. The minimum Gasteiger partial charge on any atom is -0.354 e. The average molecular weight is 264 g/mol. The van der Waals surface area contributed by atoms with Crippen molar-refractivity contribution >= 4 is 11.9 Å². The van der Waals surface area contributed by atoms with Gasteiger partial charge in [-0.2, -0.15) is 0 Å². The van der Waals surface area contributed by atoms with Crippen molar-refractivity contribution in [1.82, 2.24) is 15.3 Å². The third-order valence-electron chi connectivity index (χ3n) is 2.59. The van der Waals surface area contributed by atoms with Crippen LogP contribution in [-0.2, 0) is 0 Å². The lowest BCUT2D eigenvalue weighted by Gasteiger charge is -2.08. The van der Waals surface area contributed by atoms with Crippen molar-refractivity contribution in [3.63, 3.8) is 0 Å². The second-order valence-electron chi connectivity index (χ2n) is 5.51. The summed E-state index contributed by atoms with van der Waals surface area (Å²) < 4.78 is 0. The van der Waals surface area contributed by atoms with Crippen molar-refractivity contribution < 1.29 is 4.79 Å². The summed E-state index contributed by atoms with van der Waals surface area (Å²) >= 11 is 0. The molecule has 1 amide bonds. The second-order valence-corrected chi connectivity index (χ2v) is 5.51. The zero-order chi connectivity index (χ0) is 14.3. The molecule has 0 atom stereocenters. The first-order valence-corrected chi connectivity index (χ1v) is 6.83. The molecule has 1 aromatic rings. The number of carbonyl (C=O) groups is 1. The van der Waals surface area contributed by atoms with Gasteiger partial charge in [0.15, 0.2) is 0 Å². The van der Waals surface area contributed by atoms with Crippen LogP contribution >= 0.6 is 0 Å². The van der Waals surface area contributed by atoms with Crippen molar-refractivity contribution in [1.29, 1.82) is 0 Å². The van der Waals surface area contributed by atoms with E-state index in [1.54, 1.807) is 12.4 Å². The van der Waals surface area contributed by atoms with Gasteiger partial charge in [-0.05, 0) is 18.3 Å². The quantitative estimate of drug-likeness (QED) is 0.793. The Labute approximate surface area is 115 Å². The minimum absolute atomic E-state index is 0.123. The van der Waals surface area contributed by atoms with Gasteiger partial charge in [0, 0.05) is 25.5 Å². The molecule has 0 aromatic carbocycles. The van der Waals surface area contributed by atoms with Gasteiger partial charge in [0.1, 0.15) is 0 Å². The summed E-state index contributed by atoms with van der Waals surface area (Å²) in [5, 5.41) is 5.98. The molecular weight excluding hydrogens is 240 g/mol. The van der Waals surface area contributed by atoms with E-state index in [9.17, 15) is 4.79 Å². The highest BCUT2D eigenvalue weighted by molar-refractivity contribution is 5.93. The highest BCUT2D eigenvalue weighted by atomic mass is 16.1. The van der Waals surface area contributed by atoms with Gasteiger partial charge in [-0.1, -0.05) is 27.7 Å². The zero-order valence-corrected chi connectivity index (χ0v) is 12.2. The smallest absolute Gasteiger partial charge is 0.254 e. The zero-order valence-electron chi connectivity index (χ0n) is 12.2. The number of nitrogens with zero attached hydrogens (tertiary/aromatic N) is 2. The van der Waals surface area contributed by atoms with Crippen LogP contribution in [0.15, 0.2) is 12.4 Å². The molecule has 19 heavy (non-hydrogen) atoms. The summed E-state index contributed by atoms with van der Waals surface area (Å²) in [5.74, 6) is 1.53. The number of amides is 1. The number of hydrogen-bond acceptors (Lipinski definition) is 4. The van der Waals surface area contributed by atoms with Crippen LogP contribution in [0.1, 0.15) is 44.5 Å². The van der Waals surface area contributed by atoms with Crippen LogP contribution in [0.25, 0.3) is 0 Å². The molecule has 1 rings (SSSR count). The molecule has 0 unspecified atom stereocenters. The Kier molecular flexibility index (Phi) is 6.25. The van der Waals surface area contributed by atoms with Gasteiger partial charge >= 0.3 is 0 Å². The molecule has 2 N–H and O–H groups in total. The third kappa shape index (κ3) is 6.18. The number of nitrogens with one attached hydrogen (secondary N) is 2. The van der Waals surface area contributed by atoms with E-state index in [1.165, 1.54) is 0 Å². The molecule has 0 aliphatic heterocycles. The van der Waals surface area contributed by atoms with Gasteiger partial charge in [-0.25, -0.2) is 9.97 Å². The summed E-state index contributed by atoms with van der Waals surface area (Å²) in [6.07, 6.45) is 4.18. The predicted octanol–water partition coefficient (Wildman–Crippen LogP) is 2.32. The Hall–Kier alpha value is -1.65. The van der Waals surface area contributed by atoms with E-state index in [-0.39, 0.29) is 5.91 Å². The van der Waals surface area contributed by atoms with Crippen LogP contribution in [0.4, 0.5) is 5.95 Å². The van der Waals surface area contributed by atoms with Crippen molar-refractivity contribution in [2.24, 2.45) is 11.8 Å². The van der Waals surface area contributed by atoms with E-state index >= 15 is 0 Å². The standard InChI is InChI=1S/C14H24N4O/c1-10(2)5-6-15-14-17-8-12(9-18-14)13(19)16-7-11(3)4/h8-11H,5-7H2,1-4H3,(H,16,19)(H,15,17,18). The number of hydrogen-bond donors (Lipinski definition) is 2. The lowest BCUT2D eigenvalue weighted by Crippen LogP contribution is -2.27. The average Bonchev–Trinajstić information content (AvgIpc) is 2.36. The molecule has 1 heterocycles. The van der Waals surface area contributed by atoms with E-state index < -0.39 is 0 Å². The molecule has 0 fully saturated rings. The van der Waals surface area contributed by atoms with Crippen molar-refractivity contribution in [3.8, 4) is 0 Å². The molecule has 0 saturated carbocycles. The lowest BCUT2D eigenvalue weighted by molar-refractivity contribution is 0.0948. The van der Waals surface area contributed by atoms with Gasteiger partial charge in [-0.15, -0.1) is 0 Å². The van der Waals surface area contributed by atoms with Crippen LogP contribution < -0.4 is 10.6 Å². The van der Waals surface area contributed by atoms with Gasteiger partial charge in [0.25, 0.3) is 5.91 Å². The van der Waals surface area contributed by atoms with Crippen LogP contribution in [0.5, 0.6) is 0 Å². The fourth-order valence-electron chi connectivity index (χ4n) is 1.41. The maximum absolute atomic E-state index is 11.8. The Morgan fingerprint density at radius 1 is 1.16 bits per heavy atom. The molecule has 0 aliphatic carbocycles. The number of rotatable bonds is 7. The summed E-state index contributed by atoms with van der Waals surface area (Å²) in [4.78, 5) is 20.0. The maximum Gasteiger partial charge on any atom is 0.254 e. The number of anilines is 1. The van der Waals surface area contributed by atoms with Crippen LogP contribution in [0, 0.1) is 11.8 Å². The van der Waals surface area contributed by atoms with E-state index in [2.05, 4.69) is 48.3 Å². The largest absolute Gasteiger partial charge is 0.354 e. The molecule has 106 valence electrons. The van der Waals surface area contributed by atoms with E-state index in [0.717, 1.165) is 13.0 Å². The van der Waals surface area contributed by atoms with Crippen molar-refractivity contribution in [2.75, 3.05) is 18.4 Å². The Bertz CT molecular complexity index is 387. The molecule has 5 heteroatoms. The Morgan fingerprint density at radius 3 is 2.32 bits per heavy atom. The molecule has 1 aromatic heterocycles. The molecular formula is C14H24N4O. The topological polar surface area (TPSA) is 66.9 Å². The first kappa shape index (κ1) is 15.4. The van der Waals surface area contributed by atoms with Crippen LogP contribution in [0.3, 0.4) is 0 Å².